The third-order valence-corrected chi connectivity index (χ3v) is 21.0. The summed E-state index contributed by atoms with van der Waals surface area (Å²) in [7, 11) is 0. The highest BCUT2D eigenvalue weighted by atomic mass is 16.5. The molecule has 5 amide bonds. The number of rotatable bonds is 90. The van der Waals surface area contributed by atoms with E-state index in [1.807, 2.05) is 0 Å². The summed E-state index contributed by atoms with van der Waals surface area (Å²) in [6, 6.07) is 10.7. The first-order valence-electron chi connectivity index (χ1n) is 47.2. The molecule has 756 valence electrons. The van der Waals surface area contributed by atoms with Crippen LogP contribution in [0.15, 0.2) is 61.1 Å². The van der Waals surface area contributed by atoms with Gasteiger partial charge in [0.2, 0.25) is 29.5 Å². The number of carboxylic acids is 4. The maximum atomic E-state index is 13.1. The van der Waals surface area contributed by atoms with Gasteiger partial charge in [-0.05, 0) is 133 Å². The third kappa shape index (κ3) is 67.3. The van der Waals surface area contributed by atoms with E-state index in [0.29, 0.717) is 121 Å². The molecule has 134 heavy (non-hydrogen) atoms. The number of benzene rings is 2. The Labute approximate surface area is 786 Å². The maximum Gasteiger partial charge on any atom is 0.335 e. The van der Waals surface area contributed by atoms with Gasteiger partial charge in [-0.1, -0.05) is 90.4 Å². The fraction of sp³-hybridized carbons (Fsp3) is 0.684. The Balaban J connectivity index is 0.000000958. The second kappa shape index (κ2) is 80.3. The molecular formula is C95H150N8O31. The van der Waals surface area contributed by atoms with E-state index in [2.05, 4.69) is 48.8 Å². The number of aromatic nitrogens is 2. The fourth-order valence-electron chi connectivity index (χ4n) is 13.1. The summed E-state index contributed by atoms with van der Waals surface area (Å²) in [5.41, 5.74) is 1.04. The first kappa shape index (κ1) is 120. The second-order valence-electron chi connectivity index (χ2n) is 32.4. The number of imidazole rings is 1. The number of aliphatic hydroxyl groups excluding tert-OH is 2. The van der Waals surface area contributed by atoms with Crippen molar-refractivity contribution in [2.45, 2.75) is 250 Å². The molecule has 39 heteroatoms. The van der Waals surface area contributed by atoms with Crippen molar-refractivity contribution in [3.63, 3.8) is 0 Å². The summed E-state index contributed by atoms with van der Waals surface area (Å²) in [5.74, 6) is -7.25. The molecule has 1 aromatic heterocycles. The van der Waals surface area contributed by atoms with Gasteiger partial charge >= 0.3 is 23.9 Å². The molecule has 0 saturated carbocycles. The predicted molar refractivity (Wildman–Crippen MR) is 491 cm³/mol. The Hall–Kier alpha value is -9.94. The Kier molecular flexibility index (Phi) is 72.0. The smallest absolute Gasteiger partial charge is 0.335 e. The number of hydrogen-bond donors (Lipinski definition) is 13. The number of aromatic amines is 1. The molecule has 0 aliphatic rings. The zero-order valence-electron chi connectivity index (χ0n) is 78.5. The van der Waals surface area contributed by atoms with E-state index in [-0.39, 0.29) is 234 Å². The Morgan fingerprint density at radius 2 is 0.828 bits per heavy atom. The lowest BCUT2D eigenvalue weighted by atomic mass is 9.90. The van der Waals surface area contributed by atoms with Crippen LogP contribution in [-0.4, -0.2) is 305 Å². The fourth-order valence-corrected chi connectivity index (χ4v) is 13.1. The van der Waals surface area contributed by atoms with Gasteiger partial charge in [0.05, 0.1) is 115 Å². The summed E-state index contributed by atoms with van der Waals surface area (Å²) in [6.07, 6.45) is 21.5. The summed E-state index contributed by atoms with van der Waals surface area (Å²) in [5, 5.41) is 72.7. The molecule has 39 nitrogen and oxygen atoms in total. The van der Waals surface area contributed by atoms with E-state index in [0.717, 1.165) is 96.3 Å². The molecule has 3 aromatic rings. The third-order valence-electron chi connectivity index (χ3n) is 21.0. The van der Waals surface area contributed by atoms with E-state index >= 15 is 0 Å². The first-order chi connectivity index (χ1) is 64.7. The number of H-pyrrole nitrogens is 1. The summed E-state index contributed by atoms with van der Waals surface area (Å²) < 4.78 is 54.3. The number of ether oxygens (including phenoxy) is 10. The largest absolute Gasteiger partial charge is 0.494 e. The molecular weight excluding hydrogens is 1750 g/mol. The molecule has 5 atom stereocenters. The van der Waals surface area contributed by atoms with Crippen LogP contribution in [-0.2, 0) is 107 Å². The molecule has 0 radical (unpaired) electrons. The number of Topliss-reactive ketones (excluding diaryl/α,β-unsaturated/α-hetero) is 6. The molecule has 0 spiro atoms. The van der Waals surface area contributed by atoms with Crippen LogP contribution in [0.2, 0.25) is 0 Å². The van der Waals surface area contributed by atoms with Gasteiger partial charge in [-0.2, -0.15) is 0 Å². The molecule has 1 heterocycles. The Bertz CT molecular complexity index is 3760. The standard InChI is InChI=1S/C54H84N6O18.C41H66N2O13/c1-39(49(66)35-61)58-34-48(65)40(17-22-46(63)47(64)32-42-33-55-38-59-42)12-8-9-23-56-51(68)36-77-31-29-75-27-24-57-52(69)37-76-30-28-74-25-11-13-43(62)18-21-45(54(72)73)60-50(67)14-7-5-3-2-4-6-10-26-78-44-19-15-41(16-20-44)53(70)71;1-2-3-10-21-42-39(47)32-55-29-26-52-23-12-14-36(45)31-54-28-27-53-25-22-43-38(46)20-17-34(41(50)51)30-35(44)13-9-7-5-4-6-8-11-24-56-37-18-15-33(16-19-37)40(48)49/h15-16,19-20,33,38-40,45,47,58,61,64H,2-14,17-18,21-32,34-37H2,1H3,(H,55,59)(H,56,68)(H,57,69)(H,60,67)(H,70,71)(H,72,73);15-16,18-19,34H,2-14,17,20-32H2,1H3,(H,42,47)(H,43,46)(H,48,49)(H,50,51)/t39-,40+,45-,47-;34-/m01/s1. The van der Waals surface area contributed by atoms with Crippen LogP contribution in [0.4, 0.5) is 0 Å². The van der Waals surface area contributed by atoms with Crippen molar-refractivity contribution in [3.05, 3.63) is 77.9 Å². The average molecular weight is 1900 g/mol. The van der Waals surface area contributed by atoms with Gasteiger partial charge in [0, 0.05) is 115 Å². The van der Waals surface area contributed by atoms with Crippen LogP contribution in [0.5, 0.6) is 11.5 Å². The zero-order chi connectivity index (χ0) is 98.2. The Morgan fingerprint density at radius 3 is 1.31 bits per heavy atom. The number of aromatic carboxylic acids is 2. The van der Waals surface area contributed by atoms with Gasteiger partial charge in [-0.3, -0.25) is 57.5 Å². The van der Waals surface area contributed by atoms with Crippen LogP contribution in [0.1, 0.15) is 252 Å². The van der Waals surface area contributed by atoms with E-state index in [4.69, 9.17) is 62.7 Å². The number of nitrogens with one attached hydrogen (secondary N) is 7. The summed E-state index contributed by atoms with van der Waals surface area (Å²) >= 11 is 0. The topological polar surface area (TPSA) is 571 Å². The Morgan fingerprint density at radius 1 is 0.381 bits per heavy atom. The lowest BCUT2D eigenvalue weighted by molar-refractivity contribution is -0.144. The van der Waals surface area contributed by atoms with Gasteiger partial charge in [-0.25, -0.2) is 19.4 Å². The number of carbonyl (C=O) groups excluding carboxylic acids is 11. The number of ketones is 6. The maximum absolute atomic E-state index is 13.1. The van der Waals surface area contributed by atoms with Gasteiger partial charge in [-0.15, -0.1) is 0 Å². The van der Waals surface area contributed by atoms with Crippen molar-refractivity contribution in [3.8, 4) is 11.5 Å². The highest BCUT2D eigenvalue weighted by Crippen LogP contribution is 2.21. The van der Waals surface area contributed by atoms with Crippen molar-refractivity contribution < 1.29 is 150 Å². The summed E-state index contributed by atoms with van der Waals surface area (Å²) in [4.78, 5) is 187. The van der Waals surface area contributed by atoms with Crippen LogP contribution in [0.25, 0.3) is 0 Å². The van der Waals surface area contributed by atoms with Gasteiger partial charge in [0.1, 0.15) is 74.0 Å². The minimum atomic E-state index is -1.25. The lowest BCUT2D eigenvalue weighted by Gasteiger charge is -2.18. The molecule has 0 unspecified atom stereocenters. The minimum absolute atomic E-state index is 0.00448. The zero-order valence-corrected chi connectivity index (χ0v) is 78.5. The van der Waals surface area contributed by atoms with Crippen molar-refractivity contribution >= 4 is 88.1 Å². The van der Waals surface area contributed by atoms with Crippen LogP contribution >= 0.6 is 0 Å². The van der Waals surface area contributed by atoms with E-state index in [9.17, 15) is 87.2 Å². The number of carboxylic acid groups (broad SMARTS) is 4. The summed E-state index contributed by atoms with van der Waals surface area (Å²) in [6.45, 7) is 7.91. The normalized spacial score (nSPS) is 12.2. The molecule has 3 rings (SSSR count). The van der Waals surface area contributed by atoms with Crippen molar-refractivity contribution in [2.24, 2.45) is 11.8 Å². The second-order valence-corrected chi connectivity index (χ2v) is 32.4. The molecule has 0 aliphatic heterocycles. The number of carbonyl (C=O) groups is 15. The number of amides is 5. The van der Waals surface area contributed by atoms with Gasteiger partial charge in [0.15, 0.2) is 17.3 Å². The minimum Gasteiger partial charge on any atom is -0.494 e. The van der Waals surface area contributed by atoms with Crippen LogP contribution in [0, 0.1) is 11.8 Å². The van der Waals surface area contributed by atoms with Gasteiger partial charge < -0.3 is 115 Å². The number of nitrogens with zero attached hydrogens (tertiary/aromatic N) is 1. The average Bonchev–Trinajstić information content (AvgIpc) is 1.79. The number of aliphatic hydroxyl groups is 2. The van der Waals surface area contributed by atoms with Gasteiger partial charge in [0.25, 0.3) is 0 Å². The number of hydrogen-bond acceptors (Lipinski definition) is 29. The monoisotopic (exact) mass is 1900 g/mol. The quantitative estimate of drug-likeness (QED) is 0.0242. The van der Waals surface area contributed by atoms with Crippen LogP contribution in [0.3, 0.4) is 0 Å². The number of unbranched alkanes of at least 4 members (excludes halogenated alkanes) is 15. The molecule has 2 aromatic carbocycles. The van der Waals surface area contributed by atoms with Crippen molar-refractivity contribution in [2.75, 3.05) is 158 Å². The highest BCUT2D eigenvalue weighted by molar-refractivity contribution is 5.90. The predicted octanol–water partition coefficient (Wildman–Crippen LogP) is 7.62. The molecule has 0 bridgehead atoms. The van der Waals surface area contributed by atoms with E-state index in [1.165, 1.54) is 36.8 Å². The molecule has 0 saturated heterocycles. The SMILES string of the molecule is CCCCCNC(=O)COCCOCCCC(=O)COCCOCCNC(=O)CC[C@H](CC(=O)CCCCCCCCCOc1ccc(C(=O)O)cc1)C(=O)O.C[C@H](NCC(=O)[C@H](CCCCNC(=O)COCCOCCNC(=O)COCCOCCCC(=O)CC[C@H](NC(=O)CCCCCCCCCOc1ccc(C(=O)O)cc1)C(=O)O)CCC(=O)[C@@H](O)Cc1cnc[nH]1)C(=O)CO. The molecule has 0 aliphatic carbocycles. The lowest BCUT2D eigenvalue weighted by Crippen LogP contribution is -2.41. The highest BCUT2D eigenvalue weighted by Gasteiger charge is 2.27. The molecule has 13 N–H and O–H groups in total. The molecule has 0 fully saturated rings. The van der Waals surface area contributed by atoms with Crippen LogP contribution < -0.4 is 41.4 Å². The first-order valence-corrected chi connectivity index (χ1v) is 47.2. The number of aliphatic carboxylic acids is 2. The van der Waals surface area contributed by atoms with Crippen molar-refractivity contribution in [1.29, 1.82) is 0 Å². The van der Waals surface area contributed by atoms with Crippen molar-refractivity contribution in [1.82, 2.24) is 41.9 Å². The van der Waals surface area contributed by atoms with E-state index in [1.54, 1.807) is 31.2 Å². The van der Waals surface area contributed by atoms with E-state index < -0.39 is 72.1 Å².